The number of fused-ring (bicyclic) bond motifs is 3. The monoisotopic (exact) mass is 343 g/mol. The van der Waals surface area contributed by atoms with E-state index in [1.807, 2.05) is 24.3 Å². The second-order valence-electron chi connectivity index (χ2n) is 6.45. The molecule has 3 aliphatic heterocycles. The molecule has 5 nitrogen and oxygen atoms in total. The molecule has 24 heavy (non-hydrogen) atoms. The number of amides is 1. The minimum Gasteiger partial charge on any atom is -0.496 e. The van der Waals surface area contributed by atoms with Gasteiger partial charge in [0.2, 0.25) is 0 Å². The largest absolute Gasteiger partial charge is 0.496 e. The minimum absolute atomic E-state index is 0.00704. The van der Waals surface area contributed by atoms with Crippen molar-refractivity contribution in [2.75, 3.05) is 26.7 Å². The zero-order chi connectivity index (χ0) is 16.5. The van der Waals surface area contributed by atoms with Gasteiger partial charge in [-0.05, 0) is 44.0 Å². The van der Waals surface area contributed by atoms with Gasteiger partial charge >= 0.3 is 0 Å². The molecule has 1 aromatic carbocycles. The van der Waals surface area contributed by atoms with Crippen LogP contribution in [-0.2, 0) is 0 Å². The highest BCUT2D eigenvalue weighted by molar-refractivity contribution is 7.16. The van der Waals surface area contributed by atoms with E-state index in [2.05, 4.69) is 15.2 Å². The van der Waals surface area contributed by atoms with Crippen LogP contribution in [0.3, 0.4) is 0 Å². The summed E-state index contributed by atoms with van der Waals surface area (Å²) in [4.78, 5) is 20.1. The molecule has 1 unspecified atom stereocenters. The van der Waals surface area contributed by atoms with E-state index in [4.69, 9.17) is 4.74 Å². The first-order chi connectivity index (χ1) is 11.7. The van der Waals surface area contributed by atoms with Crippen LogP contribution in [0.25, 0.3) is 10.6 Å². The number of carbonyl (C=O) groups excluding carboxylic acids is 1. The van der Waals surface area contributed by atoms with Gasteiger partial charge in [-0.2, -0.15) is 0 Å². The predicted molar refractivity (Wildman–Crippen MR) is 94.5 cm³/mol. The fraction of sp³-hybridized carbons (Fsp3) is 0.444. The number of hydrogen-bond donors (Lipinski definition) is 1. The molecule has 1 amide bonds. The van der Waals surface area contributed by atoms with E-state index < -0.39 is 0 Å². The minimum atomic E-state index is -0.00704. The molecule has 0 aliphatic carbocycles. The fourth-order valence-electron chi connectivity index (χ4n) is 3.69. The fourth-order valence-corrected chi connectivity index (χ4v) is 4.54. The number of ether oxygens (including phenoxy) is 1. The second kappa shape index (κ2) is 6.53. The number of rotatable bonds is 4. The maximum Gasteiger partial charge on any atom is 0.263 e. The van der Waals surface area contributed by atoms with Crippen LogP contribution in [0.4, 0.5) is 0 Å². The SMILES string of the molecule is COc1ccccc1-c1ncc(C(=O)NC2CN3CCC2CC3)s1. The first kappa shape index (κ1) is 15.6. The molecule has 2 aromatic rings. The Morgan fingerprint density at radius 2 is 2.12 bits per heavy atom. The highest BCUT2D eigenvalue weighted by Crippen LogP contribution is 2.33. The van der Waals surface area contributed by atoms with Gasteiger partial charge in [-0.25, -0.2) is 4.98 Å². The number of hydrogen-bond acceptors (Lipinski definition) is 5. The summed E-state index contributed by atoms with van der Waals surface area (Å²) in [5.41, 5.74) is 0.923. The van der Waals surface area contributed by atoms with Gasteiger partial charge in [0.25, 0.3) is 5.91 Å². The number of methoxy groups -OCH3 is 1. The Balaban J connectivity index is 1.49. The summed E-state index contributed by atoms with van der Waals surface area (Å²) in [7, 11) is 1.65. The standard InChI is InChI=1S/C18H21N3O2S/c1-23-15-5-3-2-4-13(15)18-19-10-16(24-18)17(22)20-14-11-21-8-6-12(14)7-9-21/h2-5,10,12,14H,6-9,11H2,1H3,(H,20,22). The van der Waals surface area contributed by atoms with Crippen LogP contribution in [0.2, 0.25) is 0 Å². The number of piperidine rings is 3. The zero-order valence-corrected chi connectivity index (χ0v) is 14.5. The number of nitrogens with zero attached hydrogens (tertiary/aromatic N) is 2. The van der Waals surface area contributed by atoms with Gasteiger partial charge in [0.15, 0.2) is 0 Å². The lowest BCUT2D eigenvalue weighted by molar-refractivity contribution is 0.0622. The van der Waals surface area contributed by atoms with Gasteiger partial charge in [-0.1, -0.05) is 12.1 Å². The molecular weight excluding hydrogens is 322 g/mol. The van der Waals surface area contributed by atoms with Crippen molar-refractivity contribution in [2.24, 2.45) is 5.92 Å². The Morgan fingerprint density at radius 1 is 1.33 bits per heavy atom. The summed E-state index contributed by atoms with van der Waals surface area (Å²) in [6.45, 7) is 3.33. The van der Waals surface area contributed by atoms with Crippen molar-refractivity contribution in [2.45, 2.75) is 18.9 Å². The molecule has 3 aliphatic rings. The number of thiazole rings is 1. The molecule has 0 radical (unpaired) electrons. The molecule has 1 aromatic heterocycles. The molecule has 3 saturated heterocycles. The third-order valence-corrected chi connectivity index (χ3v) is 6.07. The van der Waals surface area contributed by atoms with Crippen LogP contribution >= 0.6 is 11.3 Å². The molecule has 6 heteroatoms. The summed E-state index contributed by atoms with van der Waals surface area (Å²) in [6, 6.07) is 8.02. The quantitative estimate of drug-likeness (QED) is 0.927. The van der Waals surface area contributed by atoms with E-state index in [1.165, 1.54) is 37.3 Å². The van der Waals surface area contributed by atoms with Crippen molar-refractivity contribution < 1.29 is 9.53 Å². The van der Waals surface area contributed by atoms with Crippen molar-refractivity contribution in [3.63, 3.8) is 0 Å². The lowest BCUT2D eigenvalue weighted by Gasteiger charge is -2.44. The summed E-state index contributed by atoms with van der Waals surface area (Å²) in [5, 5.41) is 4.03. The Kier molecular flexibility index (Phi) is 4.24. The van der Waals surface area contributed by atoms with Crippen LogP contribution in [0.5, 0.6) is 5.75 Å². The number of aromatic nitrogens is 1. The summed E-state index contributed by atoms with van der Waals surface area (Å²) in [6.07, 6.45) is 4.06. The van der Waals surface area contributed by atoms with E-state index >= 15 is 0 Å². The smallest absolute Gasteiger partial charge is 0.263 e. The molecule has 126 valence electrons. The summed E-state index contributed by atoms with van der Waals surface area (Å²) < 4.78 is 5.39. The van der Waals surface area contributed by atoms with E-state index in [0.29, 0.717) is 10.8 Å². The lowest BCUT2D eigenvalue weighted by Crippen LogP contribution is -2.57. The molecule has 2 bridgehead atoms. The lowest BCUT2D eigenvalue weighted by atomic mass is 9.84. The molecule has 1 N–H and O–H groups in total. The topological polar surface area (TPSA) is 54.5 Å². The normalized spacial score (nSPS) is 25.5. The van der Waals surface area contributed by atoms with Crippen LogP contribution in [0, 0.1) is 5.92 Å². The zero-order valence-electron chi connectivity index (χ0n) is 13.7. The van der Waals surface area contributed by atoms with Gasteiger partial charge in [-0.15, -0.1) is 11.3 Å². The van der Waals surface area contributed by atoms with Crippen molar-refractivity contribution in [1.82, 2.24) is 15.2 Å². The molecular formula is C18H21N3O2S. The van der Waals surface area contributed by atoms with Crippen LogP contribution < -0.4 is 10.1 Å². The molecule has 3 fully saturated rings. The van der Waals surface area contributed by atoms with Gasteiger partial charge in [0, 0.05) is 12.6 Å². The molecule has 0 spiro atoms. The Labute approximate surface area is 145 Å². The number of carbonyl (C=O) groups is 1. The predicted octanol–water partition coefficient (Wildman–Crippen LogP) is 2.64. The molecule has 1 atom stereocenters. The third-order valence-electron chi connectivity index (χ3n) is 5.04. The second-order valence-corrected chi connectivity index (χ2v) is 7.48. The highest BCUT2D eigenvalue weighted by Gasteiger charge is 2.35. The van der Waals surface area contributed by atoms with E-state index in [1.54, 1.807) is 13.3 Å². The number of nitrogens with one attached hydrogen (secondary N) is 1. The van der Waals surface area contributed by atoms with Crippen molar-refractivity contribution in [1.29, 1.82) is 0 Å². The van der Waals surface area contributed by atoms with E-state index in [-0.39, 0.29) is 11.9 Å². The highest BCUT2D eigenvalue weighted by atomic mass is 32.1. The van der Waals surface area contributed by atoms with Crippen LogP contribution in [0.1, 0.15) is 22.5 Å². The van der Waals surface area contributed by atoms with Crippen LogP contribution in [-0.4, -0.2) is 48.6 Å². The number of benzene rings is 1. The van der Waals surface area contributed by atoms with Crippen molar-refractivity contribution in [3.8, 4) is 16.3 Å². The molecule has 5 rings (SSSR count). The van der Waals surface area contributed by atoms with Gasteiger partial charge in [0.1, 0.15) is 15.6 Å². The van der Waals surface area contributed by atoms with Gasteiger partial charge in [-0.3, -0.25) is 4.79 Å². The maximum atomic E-state index is 12.6. The molecule has 0 saturated carbocycles. The first-order valence-corrected chi connectivity index (χ1v) is 9.18. The van der Waals surface area contributed by atoms with Gasteiger partial charge < -0.3 is 15.0 Å². The third kappa shape index (κ3) is 2.91. The van der Waals surface area contributed by atoms with Crippen molar-refractivity contribution in [3.05, 3.63) is 35.3 Å². The van der Waals surface area contributed by atoms with E-state index in [0.717, 1.165) is 22.9 Å². The Morgan fingerprint density at radius 3 is 2.83 bits per heavy atom. The van der Waals surface area contributed by atoms with Crippen molar-refractivity contribution >= 4 is 17.2 Å². The molecule has 4 heterocycles. The average molecular weight is 343 g/mol. The van der Waals surface area contributed by atoms with Crippen LogP contribution in [0.15, 0.2) is 30.5 Å². The Hall–Kier alpha value is -1.92. The first-order valence-electron chi connectivity index (χ1n) is 8.37. The number of para-hydroxylation sites is 1. The summed E-state index contributed by atoms with van der Waals surface area (Å²) in [5.74, 6) is 1.39. The van der Waals surface area contributed by atoms with Gasteiger partial charge in [0.05, 0.1) is 18.9 Å². The summed E-state index contributed by atoms with van der Waals surface area (Å²) >= 11 is 1.42. The Bertz CT molecular complexity index is 737. The van der Waals surface area contributed by atoms with E-state index in [9.17, 15) is 4.79 Å². The average Bonchev–Trinajstić information content (AvgIpc) is 3.13. The maximum absolute atomic E-state index is 12.6.